The fourth-order valence-electron chi connectivity index (χ4n) is 3.46. The van der Waals surface area contributed by atoms with Gasteiger partial charge >= 0.3 is 0 Å². The van der Waals surface area contributed by atoms with Crippen molar-refractivity contribution in [2.45, 2.75) is 43.9 Å². The smallest absolute Gasteiger partial charge is 0.233 e. The second kappa shape index (κ2) is 9.82. The van der Waals surface area contributed by atoms with Crippen molar-refractivity contribution in [3.05, 3.63) is 82.6 Å². The number of fused-ring (bicyclic) bond motifs is 1. The van der Waals surface area contributed by atoms with Gasteiger partial charge in [-0.2, -0.15) is 0 Å². The molecule has 0 saturated carbocycles. The molecule has 0 fully saturated rings. The lowest BCUT2D eigenvalue weighted by molar-refractivity contribution is -0.118. The highest BCUT2D eigenvalue weighted by Crippen LogP contribution is 2.34. The number of hydrogen-bond donors (Lipinski definition) is 0. The number of aryl methyl sites for hydroxylation is 1. The topological polar surface area (TPSA) is 80.2 Å². The van der Waals surface area contributed by atoms with Crippen LogP contribution in [-0.2, 0) is 27.6 Å². The van der Waals surface area contributed by atoms with Crippen LogP contribution in [0.15, 0.2) is 65.7 Å². The van der Waals surface area contributed by atoms with Gasteiger partial charge in [-0.25, -0.2) is 13.4 Å². The Morgan fingerprint density at radius 2 is 1.82 bits per heavy atom. The highest BCUT2D eigenvalue weighted by atomic mass is 35.5. The van der Waals surface area contributed by atoms with Crippen LogP contribution in [0.25, 0.3) is 10.2 Å². The van der Waals surface area contributed by atoms with E-state index in [2.05, 4.69) is 4.98 Å². The van der Waals surface area contributed by atoms with Crippen molar-refractivity contribution in [3.63, 3.8) is 0 Å². The molecule has 2 aromatic heterocycles. The zero-order chi connectivity index (χ0) is 24.5. The number of anilines is 1. The van der Waals surface area contributed by atoms with Crippen LogP contribution in [0.1, 0.15) is 30.7 Å². The summed E-state index contributed by atoms with van der Waals surface area (Å²) in [4.78, 5) is 24.4. The van der Waals surface area contributed by atoms with Gasteiger partial charge in [-0.1, -0.05) is 41.1 Å². The summed E-state index contributed by atoms with van der Waals surface area (Å²) in [5, 5.41) is 0.684. The number of pyridine rings is 1. The zero-order valence-electron chi connectivity index (χ0n) is 19.0. The number of benzene rings is 2. The van der Waals surface area contributed by atoms with E-state index in [0.29, 0.717) is 10.2 Å². The number of sulfone groups is 1. The predicted molar refractivity (Wildman–Crippen MR) is 137 cm³/mol. The summed E-state index contributed by atoms with van der Waals surface area (Å²) in [5.41, 5.74) is 3.10. The molecule has 2 heterocycles. The molecule has 4 rings (SSSR count). The molecule has 1 amide bonds. The molecule has 2 aromatic carbocycles. The lowest BCUT2D eigenvalue weighted by Crippen LogP contribution is -2.32. The molecule has 0 N–H and O–H groups in total. The van der Waals surface area contributed by atoms with Crippen LogP contribution < -0.4 is 4.90 Å². The lowest BCUT2D eigenvalue weighted by Gasteiger charge is -2.20. The van der Waals surface area contributed by atoms with E-state index in [0.717, 1.165) is 27.0 Å². The van der Waals surface area contributed by atoms with E-state index in [1.54, 1.807) is 49.2 Å². The number of thiazole rings is 1. The van der Waals surface area contributed by atoms with Crippen LogP contribution in [0.4, 0.5) is 5.13 Å². The maximum atomic E-state index is 13.5. The van der Waals surface area contributed by atoms with Gasteiger partial charge in [0, 0.05) is 11.2 Å². The second-order valence-corrected chi connectivity index (χ2v) is 12.2. The van der Waals surface area contributed by atoms with Gasteiger partial charge < -0.3 is 0 Å². The van der Waals surface area contributed by atoms with E-state index >= 15 is 0 Å². The number of halogens is 1. The minimum Gasteiger partial charge on any atom is -0.282 e. The Labute approximate surface area is 208 Å². The summed E-state index contributed by atoms with van der Waals surface area (Å²) in [5.74, 6) is -0.159. The Morgan fingerprint density at radius 1 is 1.09 bits per heavy atom. The van der Waals surface area contributed by atoms with E-state index in [-0.39, 0.29) is 23.8 Å². The van der Waals surface area contributed by atoms with Gasteiger partial charge in [-0.15, -0.1) is 0 Å². The van der Waals surface area contributed by atoms with E-state index in [9.17, 15) is 13.2 Å². The van der Waals surface area contributed by atoms with Crippen molar-refractivity contribution in [2.24, 2.45) is 0 Å². The monoisotopic (exact) mass is 513 g/mol. The van der Waals surface area contributed by atoms with Gasteiger partial charge in [0.25, 0.3) is 0 Å². The molecule has 34 heavy (non-hydrogen) atoms. The van der Waals surface area contributed by atoms with Crippen molar-refractivity contribution in [3.8, 4) is 0 Å². The SMILES string of the molecule is Cc1c(Cl)ccc2sc(N(Cc3ccccn3)C(=O)Cc3ccc(S(=O)(=O)C(C)C)cc3)nc12. The van der Waals surface area contributed by atoms with Crippen molar-refractivity contribution in [1.29, 1.82) is 0 Å². The molecule has 0 saturated heterocycles. The number of carbonyl (C=O) groups excluding carboxylic acids is 1. The molecule has 0 aliphatic heterocycles. The standard InChI is InChI=1S/C25H24ClN3O3S2/c1-16(2)34(31,32)20-9-7-18(8-10-20)14-23(30)29(15-19-6-4-5-13-27-19)25-28-24-17(3)21(26)11-12-22(24)33-25/h4-13,16H,14-15H2,1-3H3. The normalized spacial score (nSPS) is 11.8. The quantitative estimate of drug-likeness (QED) is 0.321. The van der Waals surface area contributed by atoms with Crippen LogP contribution >= 0.6 is 22.9 Å². The third-order valence-corrected chi connectivity index (χ3v) is 9.17. The molecular weight excluding hydrogens is 490 g/mol. The average molecular weight is 514 g/mol. The van der Waals surface area contributed by atoms with Crippen molar-refractivity contribution >= 4 is 54.0 Å². The van der Waals surface area contributed by atoms with Crippen LogP contribution in [-0.4, -0.2) is 29.5 Å². The maximum Gasteiger partial charge on any atom is 0.233 e. The highest BCUT2D eigenvalue weighted by molar-refractivity contribution is 7.92. The van der Waals surface area contributed by atoms with Gasteiger partial charge in [-0.3, -0.25) is 14.7 Å². The fourth-order valence-corrected chi connectivity index (χ4v) is 5.71. The summed E-state index contributed by atoms with van der Waals surface area (Å²) in [6.07, 6.45) is 1.79. The third-order valence-electron chi connectivity index (χ3n) is 5.54. The summed E-state index contributed by atoms with van der Waals surface area (Å²) < 4.78 is 25.7. The first kappa shape index (κ1) is 24.3. The molecular formula is C25H24ClN3O3S2. The minimum absolute atomic E-state index is 0.102. The van der Waals surface area contributed by atoms with Crippen molar-refractivity contribution in [2.75, 3.05) is 4.90 Å². The van der Waals surface area contributed by atoms with E-state index in [1.165, 1.54) is 11.3 Å². The Hall–Kier alpha value is -2.81. The van der Waals surface area contributed by atoms with Crippen LogP contribution in [0.5, 0.6) is 0 Å². The van der Waals surface area contributed by atoms with Gasteiger partial charge in [0.05, 0.1) is 39.0 Å². The average Bonchev–Trinajstić information content (AvgIpc) is 3.25. The lowest BCUT2D eigenvalue weighted by atomic mass is 10.1. The number of hydrogen-bond acceptors (Lipinski definition) is 6. The second-order valence-electron chi connectivity index (χ2n) is 8.23. The number of nitrogens with zero attached hydrogens (tertiary/aromatic N) is 3. The molecule has 0 spiro atoms. The summed E-state index contributed by atoms with van der Waals surface area (Å²) in [7, 11) is -3.37. The summed E-state index contributed by atoms with van der Waals surface area (Å²) >= 11 is 7.70. The van der Waals surface area contributed by atoms with E-state index in [4.69, 9.17) is 16.6 Å². The Bertz CT molecular complexity index is 1430. The molecule has 0 unspecified atom stereocenters. The first-order chi connectivity index (χ1) is 16.2. The predicted octanol–water partition coefficient (Wildman–Crippen LogP) is 5.61. The molecule has 0 bridgehead atoms. The maximum absolute atomic E-state index is 13.5. The zero-order valence-corrected chi connectivity index (χ0v) is 21.4. The molecule has 6 nitrogen and oxygen atoms in total. The minimum atomic E-state index is -3.37. The van der Waals surface area contributed by atoms with Crippen LogP contribution in [0, 0.1) is 6.92 Å². The van der Waals surface area contributed by atoms with E-state index < -0.39 is 15.1 Å². The summed E-state index contributed by atoms with van der Waals surface area (Å²) in [6.45, 7) is 5.47. The third kappa shape index (κ3) is 4.99. The number of aromatic nitrogens is 2. The molecule has 0 aliphatic carbocycles. The number of amides is 1. The fraction of sp³-hybridized carbons (Fsp3) is 0.240. The van der Waals surface area contributed by atoms with Crippen LogP contribution in [0.3, 0.4) is 0 Å². The first-order valence-electron chi connectivity index (χ1n) is 10.8. The van der Waals surface area contributed by atoms with Crippen molar-refractivity contribution in [1.82, 2.24) is 9.97 Å². The summed E-state index contributed by atoms with van der Waals surface area (Å²) in [6, 6.07) is 15.8. The van der Waals surface area contributed by atoms with E-state index in [1.807, 2.05) is 37.3 Å². The molecule has 9 heteroatoms. The molecule has 4 aromatic rings. The first-order valence-corrected chi connectivity index (χ1v) is 13.5. The molecule has 0 aliphatic rings. The number of rotatable bonds is 7. The Kier molecular flexibility index (Phi) is 7.02. The van der Waals surface area contributed by atoms with Crippen molar-refractivity contribution < 1.29 is 13.2 Å². The van der Waals surface area contributed by atoms with Crippen LogP contribution in [0.2, 0.25) is 5.02 Å². The van der Waals surface area contributed by atoms with Gasteiger partial charge in [0.15, 0.2) is 15.0 Å². The molecule has 176 valence electrons. The highest BCUT2D eigenvalue weighted by Gasteiger charge is 2.23. The Morgan fingerprint density at radius 3 is 2.47 bits per heavy atom. The van der Waals surface area contributed by atoms with Gasteiger partial charge in [0.1, 0.15) is 0 Å². The molecule has 0 atom stereocenters. The van der Waals surface area contributed by atoms with Gasteiger partial charge in [-0.05, 0) is 68.3 Å². The van der Waals surface area contributed by atoms with Gasteiger partial charge in [0.2, 0.25) is 5.91 Å². The Balaban J connectivity index is 1.65. The largest absolute Gasteiger partial charge is 0.282 e. The molecule has 0 radical (unpaired) electrons. The number of carbonyl (C=O) groups is 1.